The average molecular weight is 275 g/mol. The molecule has 0 radical (unpaired) electrons. The van der Waals surface area contributed by atoms with Crippen LogP contribution in [0.5, 0.6) is 0 Å². The van der Waals surface area contributed by atoms with Crippen molar-refractivity contribution in [2.45, 2.75) is 13.5 Å². The normalized spacial score (nSPS) is 9.89. The van der Waals surface area contributed by atoms with Gasteiger partial charge in [0.2, 0.25) is 5.82 Å². The number of nitriles is 1. The molecule has 2 heterocycles. The Labute approximate surface area is 112 Å². The third-order valence-corrected chi connectivity index (χ3v) is 3.18. The summed E-state index contributed by atoms with van der Waals surface area (Å²) in [5.74, 6) is 0.136. The molecule has 2 rings (SSSR count). The van der Waals surface area contributed by atoms with Gasteiger partial charge in [0.05, 0.1) is 17.0 Å². The van der Waals surface area contributed by atoms with Crippen molar-refractivity contribution in [2.75, 3.05) is 5.32 Å². The van der Waals surface area contributed by atoms with Gasteiger partial charge in [0, 0.05) is 23.3 Å². The van der Waals surface area contributed by atoms with Crippen LogP contribution in [0.3, 0.4) is 0 Å². The summed E-state index contributed by atoms with van der Waals surface area (Å²) in [6.45, 7) is 2.29. The van der Waals surface area contributed by atoms with Crippen molar-refractivity contribution >= 4 is 22.8 Å². The molecule has 0 fully saturated rings. The highest BCUT2D eigenvalue weighted by molar-refractivity contribution is 7.11. The van der Waals surface area contributed by atoms with Crippen molar-refractivity contribution in [1.29, 1.82) is 5.26 Å². The fourth-order valence-electron chi connectivity index (χ4n) is 1.43. The highest BCUT2D eigenvalue weighted by Crippen LogP contribution is 2.23. The van der Waals surface area contributed by atoms with E-state index in [0.717, 1.165) is 9.88 Å². The molecule has 0 aliphatic rings. The van der Waals surface area contributed by atoms with Gasteiger partial charge in [-0.25, -0.2) is 9.97 Å². The van der Waals surface area contributed by atoms with E-state index in [1.54, 1.807) is 6.20 Å². The van der Waals surface area contributed by atoms with Gasteiger partial charge in [0.25, 0.3) is 0 Å². The summed E-state index contributed by atoms with van der Waals surface area (Å²) in [7, 11) is 0. The predicted octanol–water partition coefficient (Wildman–Crippen LogP) is 2.24. The number of aromatic nitrogens is 2. The van der Waals surface area contributed by atoms with Gasteiger partial charge in [0.15, 0.2) is 0 Å². The van der Waals surface area contributed by atoms with Crippen molar-refractivity contribution in [2.24, 2.45) is 0 Å². The van der Waals surface area contributed by atoms with Crippen LogP contribution < -0.4 is 5.32 Å². The fraction of sp³-hybridized carbons (Fsp3) is 0.182. The molecule has 0 saturated carbocycles. The third kappa shape index (κ3) is 3.02. The Balaban J connectivity index is 2.20. The van der Waals surface area contributed by atoms with Gasteiger partial charge in [-0.3, -0.25) is 10.1 Å². The lowest BCUT2D eigenvalue weighted by Crippen LogP contribution is -2.04. The summed E-state index contributed by atoms with van der Waals surface area (Å²) in [6, 6.07) is 3.02. The van der Waals surface area contributed by atoms with Gasteiger partial charge < -0.3 is 5.32 Å². The molecule has 96 valence electrons. The first-order chi connectivity index (χ1) is 9.10. The highest BCUT2D eigenvalue weighted by atomic mass is 32.1. The molecule has 2 aromatic heterocycles. The van der Waals surface area contributed by atoms with Crippen LogP contribution in [-0.4, -0.2) is 14.9 Å². The van der Waals surface area contributed by atoms with Gasteiger partial charge >= 0.3 is 5.69 Å². The number of thiazole rings is 1. The molecule has 0 atom stereocenters. The summed E-state index contributed by atoms with van der Waals surface area (Å²) >= 11 is 1.51. The van der Waals surface area contributed by atoms with Crippen LogP contribution in [0.2, 0.25) is 0 Å². The SMILES string of the molecule is Cc1cnc(CNc2ncc(C#N)cc2[N+](=O)[O-])s1. The zero-order valence-corrected chi connectivity index (χ0v) is 10.8. The minimum atomic E-state index is -0.566. The maximum Gasteiger partial charge on any atom is 0.312 e. The maximum atomic E-state index is 10.9. The Morgan fingerprint density at radius 1 is 1.53 bits per heavy atom. The van der Waals surface area contributed by atoms with Crippen molar-refractivity contribution < 1.29 is 4.92 Å². The molecule has 0 saturated heterocycles. The van der Waals surface area contributed by atoms with Crippen LogP contribution in [0.15, 0.2) is 18.5 Å². The largest absolute Gasteiger partial charge is 0.358 e. The Kier molecular flexibility index (Phi) is 3.68. The fourth-order valence-corrected chi connectivity index (χ4v) is 2.16. The van der Waals surface area contributed by atoms with E-state index in [1.165, 1.54) is 23.6 Å². The zero-order chi connectivity index (χ0) is 13.8. The summed E-state index contributed by atoms with van der Waals surface area (Å²) in [5, 5.41) is 23.3. The number of hydrogen-bond donors (Lipinski definition) is 1. The predicted molar refractivity (Wildman–Crippen MR) is 69.8 cm³/mol. The summed E-state index contributed by atoms with van der Waals surface area (Å²) in [4.78, 5) is 19.5. The monoisotopic (exact) mass is 275 g/mol. The van der Waals surface area contributed by atoms with Crippen LogP contribution in [0.25, 0.3) is 0 Å². The Bertz CT molecular complexity index is 661. The van der Waals surface area contributed by atoms with Crippen LogP contribution in [0.4, 0.5) is 11.5 Å². The number of nitrogens with zero attached hydrogens (tertiary/aromatic N) is 4. The quantitative estimate of drug-likeness (QED) is 0.677. The second-order valence-electron chi connectivity index (χ2n) is 3.68. The third-order valence-electron chi connectivity index (χ3n) is 2.27. The smallest absolute Gasteiger partial charge is 0.312 e. The van der Waals surface area contributed by atoms with Gasteiger partial charge in [-0.05, 0) is 6.92 Å². The molecular weight excluding hydrogens is 266 g/mol. The molecule has 0 spiro atoms. The molecule has 0 unspecified atom stereocenters. The Morgan fingerprint density at radius 3 is 2.89 bits per heavy atom. The number of hydrogen-bond acceptors (Lipinski definition) is 7. The molecule has 0 amide bonds. The summed E-state index contributed by atoms with van der Waals surface area (Å²) < 4.78 is 0. The van der Waals surface area contributed by atoms with Gasteiger partial charge in [-0.2, -0.15) is 5.26 Å². The minimum Gasteiger partial charge on any atom is -0.358 e. The molecule has 8 heteroatoms. The average Bonchev–Trinajstić information content (AvgIpc) is 2.82. The number of rotatable bonds is 4. The lowest BCUT2D eigenvalue weighted by Gasteiger charge is -2.04. The number of nitrogens with one attached hydrogen (secondary N) is 1. The van der Waals surface area contributed by atoms with Crippen molar-refractivity contribution in [3.8, 4) is 6.07 Å². The molecule has 0 aromatic carbocycles. The topological polar surface area (TPSA) is 105 Å². The lowest BCUT2D eigenvalue weighted by atomic mass is 10.3. The number of nitro groups is 1. The molecular formula is C11H9N5O2S. The Morgan fingerprint density at radius 2 is 2.32 bits per heavy atom. The van der Waals surface area contributed by atoms with E-state index >= 15 is 0 Å². The van der Waals surface area contributed by atoms with Gasteiger partial charge in [0.1, 0.15) is 11.1 Å². The number of aryl methyl sites for hydroxylation is 1. The van der Waals surface area contributed by atoms with Crippen molar-refractivity contribution in [1.82, 2.24) is 9.97 Å². The summed E-state index contributed by atoms with van der Waals surface area (Å²) in [5.41, 5.74) is -0.0605. The van der Waals surface area contributed by atoms with Crippen LogP contribution >= 0.6 is 11.3 Å². The van der Waals surface area contributed by atoms with Gasteiger partial charge in [-0.15, -0.1) is 11.3 Å². The highest BCUT2D eigenvalue weighted by Gasteiger charge is 2.16. The second-order valence-corrected chi connectivity index (χ2v) is 5.00. The van der Waals surface area contributed by atoms with E-state index < -0.39 is 4.92 Å². The van der Waals surface area contributed by atoms with Crippen molar-refractivity contribution in [3.05, 3.63) is 44.0 Å². The molecule has 2 aromatic rings. The number of anilines is 1. The van der Waals surface area contributed by atoms with E-state index in [0.29, 0.717) is 6.54 Å². The van der Waals surface area contributed by atoms with E-state index in [1.807, 2.05) is 13.0 Å². The maximum absolute atomic E-state index is 10.9. The summed E-state index contributed by atoms with van der Waals surface area (Å²) in [6.07, 6.45) is 3.03. The van der Waals surface area contributed by atoms with E-state index in [-0.39, 0.29) is 17.1 Å². The standard InChI is InChI=1S/C11H9N5O2S/c1-7-4-13-10(19-7)6-15-11-9(16(17)18)2-8(3-12)5-14-11/h2,4-5H,6H2,1H3,(H,14,15). The molecule has 1 N–H and O–H groups in total. The Hall–Kier alpha value is -2.53. The first kappa shape index (κ1) is 12.9. The van der Waals surface area contributed by atoms with Crippen molar-refractivity contribution in [3.63, 3.8) is 0 Å². The lowest BCUT2D eigenvalue weighted by molar-refractivity contribution is -0.384. The first-order valence-corrected chi connectivity index (χ1v) is 6.11. The van der Waals surface area contributed by atoms with Crippen LogP contribution in [0.1, 0.15) is 15.4 Å². The molecule has 0 aliphatic carbocycles. The molecule has 0 aliphatic heterocycles. The van der Waals surface area contributed by atoms with Gasteiger partial charge in [-0.1, -0.05) is 0 Å². The first-order valence-electron chi connectivity index (χ1n) is 5.30. The van der Waals surface area contributed by atoms with E-state index in [4.69, 9.17) is 5.26 Å². The minimum absolute atomic E-state index is 0.136. The molecule has 7 nitrogen and oxygen atoms in total. The molecule has 0 bridgehead atoms. The number of pyridine rings is 1. The zero-order valence-electron chi connectivity index (χ0n) is 9.95. The second kappa shape index (κ2) is 5.41. The van der Waals surface area contributed by atoms with E-state index in [9.17, 15) is 10.1 Å². The van der Waals surface area contributed by atoms with E-state index in [2.05, 4.69) is 15.3 Å². The van der Waals surface area contributed by atoms with Crippen LogP contribution in [0, 0.1) is 28.4 Å². The van der Waals surface area contributed by atoms with Crippen LogP contribution in [-0.2, 0) is 6.54 Å². The molecule has 19 heavy (non-hydrogen) atoms.